The minimum absolute atomic E-state index is 0. The first-order valence-electron chi connectivity index (χ1n) is 6.50. The molecule has 0 spiro atoms. The van der Waals surface area contributed by atoms with Crippen molar-refractivity contribution < 1.29 is 60.8 Å². The van der Waals surface area contributed by atoms with Gasteiger partial charge in [0.2, 0.25) is 0 Å². The zero-order chi connectivity index (χ0) is 22.4. The molecular formula is C6H18Cl2N18O4Zn. The summed E-state index contributed by atoms with van der Waals surface area (Å²) in [6.07, 6.45) is 4.03. The fraction of sp³-hybridized carbons (Fsp3) is 0. The second-order valence-corrected chi connectivity index (χ2v) is 4.75. The predicted octanol–water partition coefficient (Wildman–Crippen LogP) is -12.9. The molecule has 0 aliphatic rings. The van der Waals surface area contributed by atoms with Crippen LogP contribution in [0.4, 0.5) is 17.8 Å². The molecule has 31 heavy (non-hydrogen) atoms. The molecule has 3 aromatic rings. The molecule has 15 N–H and O–H groups in total. The van der Waals surface area contributed by atoms with Gasteiger partial charge in [-0.1, -0.05) is 0 Å². The summed E-state index contributed by atoms with van der Waals surface area (Å²) in [5, 5.41) is 20.8. The second-order valence-electron chi connectivity index (χ2n) is 4.00. The number of aromatic nitrogens is 9. The van der Waals surface area contributed by atoms with Crippen LogP contribution in [0.5, 0.6) is 0 Å². The maximum atomic E-state index is 8.49. The van der Waals surface area contributed by atoms with Crippen LogP contribution < -0.4 is 82.4 Å². The smallest absolute Gasteiger partial charge is 1.00 e. The van der Waals surface area contributed by atoms with Crippen molar-refractivity contribution in [2.45, 2.75) is 0 Å². The van der Waals surface area contributed by atoms with Crippen LogP contribution >= 0.6 is 0 Å². The summed E-state index contributed by atoms with van der Waals surface area (Å²) in [5.74, 6) is 31.4. The minimum atomic E-state index is -4.94. The van der Waals surface area contributed by atoms with E-state index in [2.05, 4.69) is 46.9 Å². The second kappa shape index (κ2) is 16.9. The molecule has 3 aromatic heterocycles. The van der Waals surface area contributed by atoms with E-state index in [1.54, 1.807) is 0 Å². The minimum Gasteiger partial charge on any atom is -1.00 e. The number of nitrogens with zero attached hydrogens (tertiary/aromatic N) is 9. The van der Waals surface area contributed by atoms with Crippen molar-refractivity contribution in [2.24, 2.45) is 17.5 Å². The first kappa shape index (κ1) is 32.8. The topological polar surface area (TPSA) is 377 Å². The fourth-order valence-corrected chi connectivity index (χ4v) is 1.04. The third-order valence-electron chi connectivity index (χ3n) is 2.11. The molecular weight excluding hydrogens is 524 g/mol. The van der Waals surface area contributed by atoms with Crippen molar-refractivity contribution in [2.75, 3.05) is 33.8 Å². The van der Waals surface area contributed by atoms with Gasteiger partial charge in [0.15, 0.2) is 0 Å². The number of nitrogen functional groups attached to an aromatic ring is 6. The van der Waals surface area contributed by atoms with Gasteiger partial charge in [0.25, 0.3) is 17.8 Å². The fourth-order valence-electron chi connectivity index (χ4n) is 1.04. The molecule has 0 aliphatic carbocycles. The number of hydrogen-bond acceptors (Lipinski definition) is 19. The van der Waals surface area contributed by atoms with Gasteiger partial charge < -0.3 is 29.9 Å². The van der Waals surface area contributed by atoms with Crippen molar-refractivity contribution in [3.05, 3.63) is 19.0 Å². The molecule has 0 saturated heterocycles. The van der Waals surface area contributed by atoms with Gasteiger partial charge in [0.05, 0.1) is 0 Å². The molecule has 0 atom stereocenters. The Morgan fingerprint density at radius 2 is 0.839 bits per heavy atom. The Bertz CT molecular complexity index is 703. The Morgan fingerprint density at radius 3 is 0.903 bits per heavy atom. The molecule has 0 radical (unpaired) electrons. The Balaban J connectivity index is -0.000000335. The summed E-state index contributed by atoms with van der Waals surface area (Å²) >= 11 is 0. The monoisotopic (exact) mass is 540 g/mol. The van der Waals surface area contributed by atoms with Gasteiger partial charge in [-0.2, -0.15) is 0 Å². The number of rotatable bonds is 3. The van der Waals surface area contributed by atoms with E-state index in [-0.39, 0.29) is 31.9 Å². The van der Waals surface area contributed by atoms with Crippen molar-refractivity contribution >= 4 is 17.8 Å². The molecule has 0 amide bonds. The van der Waals surface area contributed by atoms with Crippen molar-refractivity contribution in [1.82, 2.24) is 44.6 Å². The van der Waals surface area contributed by atoms with Crippen LogP contribution in [0.15, 0.2) is 19.0 Å². The van der Waals surface area contributed by atoms with Crippen LogP contribution in [0.3, 0.4) is 0 Å². The Labute approximate surface area is 193 Å². The van der Waals surface area contributed by atoms with Crippen LogP contribution in [0.25, 0.3) is 0 Å². The summed E-state index contributed by atoms with van der Waals surface area (Å²) in [5.41, 5.74) is 6.72. The van der Waals surface area contributed by atoms with Crippen LogP contribution in [-0.2, 0) is 19.5 Å². The van der Waals surface area contributed by atoms with E-state index in [0.29, 0.717) is 17.8 Å². The van der Waals surface area contributed by atoms with Crippen molar-refractivity contribution in [3.8, 4) is 0 Å². The Hall–Kier alpha value is -2.86. The maximum absolute atomic E-state index is 8.49. The largest absolute Gasteiger partial charge is 2.00 e. The standard InChI is InChI=1S/3C2H6N6.ClHO4.ClH.Zn/c3*3-6-2-7-5-1-8(2)4;2-1(3,4)5;;/h3*1H,3-4H2,(H,6,7);(H,2,3,4,5);1H;/q;;;;;+2/p-2. The van der Waals surface area contributed by atoms with E-state index < -0.39 is 10.2 Å². The van der Waals surface area contributed by atoms with Crippen LogP contribution in [-0.4, -0.2) is 44.6 Å². The summed E-state index contributed by atoms with van der Waals surface area (Å²) in [6.45, 7) is 0. The van der Waals surface area contributed by atoms with E-state index >= 15 is 0 Å². The predicted molar refractivity (Wildman–Crippen MR) is 83.9 cm³/mol. The number of hydrogen-bond donors (Lipinski definition) is 9. The average molecular weight is 543 g/mol. The number of anilines is 3. The molecule has 0 fully saturated rings. The van der Waals surface area contributed by atoms with E-state index in [0.717, 1.165) is 0 Å². The number of halogens is 2. The van der Waals surface area contributed by atoms with E-state index in [1.807, 2.05) is 0 Å². The average Bonchev–Trinajstić information content (AvgIpc) is 3.35. The molecule has 22 nitrogen and oxygen atoms in total. The Morgan fingerprint density at radius 1 is 0.645 bits per heavy atom. The summed E-state index contributed by atoms with van der Waals surface area (Å²) < 4.78 is 37.5. The van der Waals surface area contributed by atoms with Gasteiger partial charge in [0.1, 0.15) is 19.0 Å². The van der Waals surface area contributed by atoms with Gasteiger partial charge in [-0.3, -0.25) is 16.3 Å². The number of nitrogens with one attached hydrogen (secondary N) is 3. The SMILES string of the molecule is NNc1nncn1N.NNc1nncn1N.NNc1nncn1N.[Cl-].[O-][Cl+3]([O-])([O-])[O-].[Zn+2]. The molecule has 3 rings (SSSR count). The molecule has 0 aromatic carbocycles. The zero-order valence-corrected chi connectivity index (χ0v) is 19.8. The van der Waals surface area contributed by atoms with Crippen molar-refractivity contribution in [3.63, 3.8) is 0 Å². The van der Waals surface area contributed by atoms with Crippen LogP contribution in [0.2, 0.25) is 0 Å². The molecule has 172 valence electrons. The zero-order valence-electron chi connectivity index (χ0n) is 15.3. The molecule has 0 aliphatic heterocycles. The first-order chi connectivity index (χ1) is 13.5. The number of nitrogens with two attached hydrogens (primary N) is 6. The summed E-state index contributed by atoms with van der Waals surface area (Å²) in [4.78, 5) is 0. The summed E-state index contributed by atoms with van der Waals surface area (Å²) in [6, 6.07) is 0. The van der Waals surface area contributed by atoms with E-state index in [9.17, 15) is 0 Å². The van der Waals surface area contributed by atoms with Gasteiger partial charge in [-0.25, -0.2) is 50.2 Å². The normalized spacial score (nSPS) is 9.00. The molecule has 0 unspecified atom stereocenters. The number of hydrazine groups is 3. The third kappa shape index (κ3) is 15.6. The third-order valence-corrected chi connectivity index (χ3v) is 2.11. The van der Waals surface area contributed by atoms with Gasteiger partial charge in [-0.05, 0) is 0 Å². The molecule has 0 bridgehead atoms. The first-order valence-corrected chi connectivity index (χ1v) is 7.73. The maximum Gasteiger partial charge on any atom is 2.00 e. The molecule has 3 heterocycles. The van der Waals surface area contributed by atoms with E-state index in [4.69, 9.17) is 53.7 Å². The Kier molecular flexibility index (Phi) is 17.9. The van der Waals surface area contributed by atoms with Crippen molar-refractivity contribution in [1.29, 1.82) is 0 Å². The molecule has 25 heteroatoms. The van der Waals surface area contributed by atoms with Crippen LogP contribution in [0.1, 0.15) is 0 Å². The summed E-state index contributed by atoms with van der Waals surface area (Å²) in [7, 11) is -4.94. The quantitative estimate of drug-likeness (QED) is 0.0841. The molecule has 0 saturated carbocycles. The van der Waals surface area contributed by atoms with Gasteiger partial charge >= 0.3 is 19.5 Å². The van der Waals surface area contributed by atoms with Crippen LogP contribution in [0, 0.1) is 10.2 Å². The van der Waals surface area contributed by atoms with Gasteiger partial charge in [0, 0.05) is 0 Å². The van der Waals surface area contributed by atoms with E-state index in [1.165, 1.54) is 33.0 Å². The van der Waals surface area contributed by atoms with Gasteiger partial charge in [-0.15, -0.1) is 40.8 Å².